The van der Waals surface area contributed by atoms with Crippen LogP contribution in [0.25, 0.3) is 0 Å². The van der Waals surface area contributed by atoms with Gasteiger partial charge < -0.3 is 10.5 Å². The minimum absolute atomic E-state index is 0.302. The summed E-state index contributed by atoms with van der Waals surface area (Å²) >= 11 is 0. The fourth-order valence-corrected chi connectivity index (χ4v) is 1.57. The second kappa shape index (κ2) is 4.13. The van der Waals surface area contributed by atoms with Gasteiger partial charge in [-0.2, -0.15) is 5.10 Å². The lowest BCUT2D eigenvalue weighted by Crippen LogP contribution is -2.07. The Hall–Kier alpha value is -1.51. The van der Waals surface area contributed by atoms with Gasteiger partial charge in [0, 0.05) is 6.54 Å². The molecular weight excluding hydrogens is 176 g/mol. The van der Waals surface area contributed by atoms with E-state index in [1.165, 1.54) is 12.8 Å². The monoisotopic (exact) mass is 190 g/mol. The summed E-state index contributed by atoms with van der Waals surface area (Å²) in [6.07, 6.45) is 3.36. The normalized spacial score (nSPS) is 16.7. The Kier molecular flexibility index (Phi) is 2.68. The van der Waals surface area contributed by atoms with Crippen molar-refractivity contribution in [1.82, 2.24) is 5.43 Å². The van der Waals surface area contributed by atoms with E-state index in [2.05, 4.69) is 10.5 Å². The van der Waals surface area contributed by atoms with Crippen LogP contribution >= 0.6 is 0 Å². The maximum atomic E-state index is 9.16. The molecule has 74 valence electrons. The maximum Gasteiger partial charge on any atom is 0.115 e. The first-order chi connectivity index (χ1) is 6.86. The van der Waals surface area contributed by atoms with Crippen LogP contribution in [-0.4, -0.2) is 17.4 Å². The van der Waals surface area contributed by atoms with Crippen LogP contribution < -0.4 is 5.43 Å². The lowest BCUT2D eigenvalue weighted by atomic mass is 10.1. The first kappa shape index (κ1) is 9.06. The average Bonchev–Trinajstić information content (AvgIpc) is 2.47. The van der Waals surface area contributed by atoms with Crippen LogP contribution in [-0.2, 0) is 0 Å². The van der Waals surface area contributed by atoms with E-state index < -0.39 is 0 Å². The summed E-state index contributed by atoms with van der Waals surface area (Å²) in [5.74, 6) is 0.302. The maximum absolute atomic E-state index is 9.16. The lowest BCUT2D eigenvalue weighted by molar-refractivity contribution is 0.475. The Morgan fingerprint density at radius 1 is 1.14 bits per heavy atom. The highest BCUT2D eigenvalue weighted by molar-refractivity contribution is 6.00. The molecule has 1 heterocycles. The standard InChI is InChI=1S/C11H14N2O/c14-10-6-4-9(5-7-10)11-3-1-2-8-12-13-11/h4-7,12,14H,1-3,8H2. The molecule has 3 heteroatoms. The van der Waals surface area contributed by atoms with Crippen LogP contribution in [0.4, 0.5) is 0 Å². The number of rotatable bonds is 1. The number of benzene rings is 1. The number of nitrogens with zero attached hydrogens (tertiary/aromatic N) is 1. The van der Waals surface area contributed by atoms with Crippen molar-refractivity contribution < 1.29 is 5.11 Å². The first-order valence-electron chi connectivity index (χ1n) is 4.95. The SMILES string of the molecule is Oc1ccc(C2=NNCCCC2)cc1. The molecule has 0 bridgehead atoms. The van der Waals surface area contributed by atoms with Crippen LogP contribution in [0.1, 0.15) is 24.8 Å². The summed E-state index contributed by atoms with van der Waals surface area (Å²) in [6, 6.07) is 7.20. The summed E-state index contributed by atoms with van der Waals surface area (Å²) in [7, 11) is 0. The van der Waals surface area contributed by atoms with Gasteiger partial charge in [-0.05, 0) is 49.1 Å². The Balaban J connectivity index is 2.20. The second-order valence-corrected chi connectivity index (χ2v) is 3.47. The van der Waals surface area contributed by atoms with E-state index in [1.807, 2.05) is 12.1 Å². The molecule has 0 fully saturated rings. The van der Waals surface area contributed by atoms with Gasteiger partial charge >= 0.3 is 0 Å². The van der Waals surface area contributed by atoms with Crippen LogP contribution in [0.15, 0.2) is 29.4 Å². The van der Waals surface area contributed by atoms with E-state index in [-0.39, 0.29) is 0 Å². The highest BCUT2D eigenvalue weighted by Crippen LogP contribution is 2.14. The molecule has 1 aromatic rings. The molecule has 0 atom stereocenters. The van der Waals surface area contributed by atoms with E-state index in [9.17, 15) is 0 Å². The summed E-state index contributed by atoms with van der Waals surface area (Å²) in [6.45, 7) is 0.960. The van der Waals surface area contributed by atoms with Crippen molar-refractivity contribution in [2.75, 3.05) is 6.54 Å². The number of phenols is 1. The van der Waals surface area contributed by atoms with Crippen molar-refractivity contribution in [2.24, 2.45) is 5.10 Å². The van der Waals surface area contributed by atoms with Gasteiger partial charge in [-0.15, -0.1) is 0 Å². The van der Waals surface area contributed by atoms with Gasteiger partial charge in [-0.25, -0.2) is 0 Å². The van der Waals surface area contributed by atoms with Gasteiger partial charge in [0.15, 0.2) is 0 Å². The molecule has 2 rings (SSSR count). The zero-order valence-electron chi connectivity index (χ0n) is 8.03. The number of aromatic hydroxyl groups is 1. The highest BCUT2D eigenvalue weighted by atomic mass is 16.3. The van der Waals surface area contributed by atoms with Crippen LogP contribution in [0, 0.1) is 0 Å². The predicted molar refractivity (Wildman–Crippen MR) is 56.5 cm³/mol. The van der Waals surface area contributed by atoms with E-state index in [0.717, 1.165) is 24.2 Å². The third kappa shape index (κ3) is 2.05. The molecule has 0 unspecified atom stereocenters. The zero-order valence-corrected chi connectivity index (χ0v) is 8.03. The molecule has 0 saturated heterocycles. The van der Waals surface area contributed by atoms with Crippen molar-refractivity contribution in [3.8, 4) is 5.75 Å². The highest BCUT2D eigenvalue weighted by Gasteiger charge is 2.06. The van der Waals surface area contributed by atoms with Gasteiger partial charge in [-0.1, -0.05) is 0 Å². The Bertz CT molecular complexity index is 330. The van der Waals surface area contributed by atoms with E-state index in [0.29, 0.717) is 5.75 Å². The Morgan fingerprint density at radius 2 is 1.93 bits per heavy atom. The fraction of sp³-hybridized carbons (Fsp3) is 0.364. The molecule has 0 saturated carbocycles. The second-order valence-electron chi connectivity index (χ2n) is 3.47. The largest absolute Gasteiger partial charge is 0.508 e. The van der Waals surface area contributed by atoms with E-state index >= 15 is 0 Å². The number of hydrogen-bond acceptors (Lipinski definition) is 3. The third-order valence-electron chi connectivity index (χ3n) is 2.37. The van der Waals surface area contributed by atoms with Crippen LogP contribution in [0.3, 0.4) is 0 Å². The Labute approximate surface area is 83.5 Å². The van der Waals surface area contributed by atoms with Crippen LogP contribution in [0.2, 0.25) is 0 Å². The molecule has 3 nitrogen and oxygen atoms in total. The van der Waals surface area contributed by atoms with Gasteiger partial charge in [0.1, 0.15) is 5.75 Å². The lowest BCUT2D eigenvalue weighted by Gasteiger charge is -2.03. The molecular formula is C11H14N2O. The predicted octanol–water partition coefficient (Wildman–Crippen LogP) is 1.87. The topological polar surface area (TPSA) is 44.6 Å². The zero-order chi connectivity index (χ0) is 9.80. The third-order valence-corrected chi connectivity index (χ3v) is 2.37. The van der Waals surface area contributed by atoms with Gasteiger partial charge in [-0.3, -0.25) is 0 Å². The molecule has 1 aromatic carbocycles. The molecule has 14 heavy (non-hydrogen) atoms. The molecule has 2 N–H and O–H groups in total. The molecule has 1 aliphatic rings. The Morgan fingerprint density at radius 3 is 2.71 bits per heavy atom. The molecule has 1 aliphatic heterocycles. The number of hydrazone groups is 1. The van der Waals surface area contributed by atoms with Crippen molar-refractivity contribution in [1.29, 1.82) is 0 Å². The van der Waals surface area contributed by atoms with E-state index in [4.69, 9.17) is 5.11 Å². The molecule has 0 aromatic heterocycles. The number of nitrogens with one attached hydrogen (secondary N) is 1. The van der Waals surface area contributed by atoms with Crippen LogP contribution in [0.5, 0.6) is 5.75 Å². The summed E-state index contributed by atoms with van der Waals surface area (Å²) in [4.78, 5) is 0. The quantitative estimate of drug-likeness (QED) is 0.710. The average molecular weight is 190 g/mol. The fourth-order valence-electron chi connectivity index (χ4n) is 1.57. The minimum atomic E-state index is 0.302. The van der Waals surface area contributed by atoms with Crippen molar-refractivity contribution in [3.63, 3.8) is 0 Å². The van der Waals surface area contributed by atoms with Gasteiger partial charge in [0.25, 0.3) is 0 Å². The van der Waals surface area contributed by atoms with Gasteiger partial charge in [0.2, 0.25) is 0 Å². The first-order valence-corrected chi connectivity index (χ1v) is 4.95. The number of hydrogen-bond donors (Lipinski definition) is 2. The minimum Gasteiger partial charge on any atom is -0.508 e. The van der Waals surface area contributed by atoms with Gasteiger partial charge in [0.05, 0.1) is 5.71 Å². The van der Waals surface area contributed by atoms with E-state index in [1.54, 1.807) is 12.1 Å². The summed E-state index contributed by atoms with van der Waals surface area (Å²) in [5.41, 5.74) is 5.22. The summed E-state index contributed by atoms with van der Waals surface area (Å²) in [5, 5.41) is 13.5. The van der Waals surface area contributed by atoms with Crippen molar-refractivity contribution in [3.05, 3.63) is 29.8 Å². The molecule has 0 radical (unpaired) electrons. The van der Waals surface area contributed by atoms with Crippen molar-refractivity contribution in [2.45, 2.75) is 19.3 Å². The number of phenolic OH excluding ortho intramolecular Hbond substituents is 1. The molecule has 0 aliphatic carbocycles. The summed E-state index contributed by atoms with van der Waals surface area (Å²) < 4.78 is 0. The van der Waals surface area contributed by atoms with Crippen molar-refractivity contribution >= 4 is 5.71 Å². The molecule has 0 spiro atoms. The smallest absolute Gasteiger partial charge is 0.115 e. The molecule has 0 amide bonds.